The maximum absolute atomic E-state index is 13.9. The Balaban J connectivity index is 1.22. The number of aromatic nitrogens is 2. The van der Waals surface area contributed by atoms with Crippen molar-refractivity contribution in [2.75, 3.05) is 45.9 Å². The maximum atomic E-state index is 13.9. The first kappa shape index (κ1) is 30.6. The van der Waals surface area contributed by atoms with E-state index in [4.69, 9.17) is 4.74 Å². The summed E-state index contributed by atoms with van der Waals surface area (Å²) in [4.78, 5) is 17.0. The molecular weight excluding hydrogens is 517 g/mol. The first-order valence-corrected chi connectivity index (χ1v) is 15.1. The highest BCUT2D eigenvalue weighted by Gasteiger charge is 2.34. The summed E-state index contributed by atoms with van der Waals surface area (Å²) < 4.78 is 49.3. The Hall–Kier alpha value is -2.36. The quantitative estimate of drug-likeness (QED) is 0.210. The number of benzene rings is 1. The van der Waals surface area contributed by atoms with Gasteiger partial charge in [0.15, 0.2) is 0 Å². The third kappa shape index (κ3) is 7.68. The molecule has 0 radical (unpaired) electrons. The molecule has 0 aliphatic carbocycles. The van der Waals surface area contributed by atoms with E-state index in [1.54, 1.807) is 6.07 Å². The van der Waals surface area contributed by atoms with Crippen LogP contribution >= 0.6 is 0 Å². The lowest BCUT2D eigenvalue weighted by atomic mass is 10.0. The minimum absolute atomic E-state index is 0.0992. The molecule has 4 rings (SSSR count). The van der Waals surface area contributed by atoms with E-state index in [9.17, 15) is 18.0 Å². The predicted molar refractivity (Wildman–Crippen MR) is 156 cm³/mol. The number of ether oxygens (including phenoxy) is 1. The monoisotopic (exact) mass is 562 g/mol. The molecule has 9 heteroatoms. The van der Waals surface area contributed by atoms with E-state index in [-0.39, 0.29) is 10.9 Å². The fraction of sp³-hybridized carbons (Fsp3) is 0.645. The number of halogens is 3. The Morgan fingerprint density at radius 3 is 2.30 bits per heavy atom. The minimum atomic E-state index is -4.60. The average Bonchev–Trinajstić information content (AvgIpc) is 3.21. The van der Waals surface area contributed by atoms with Crippen molar-refractivity contribution in [3.8, 4) is 0 Å². The second-order valence-corrected chi connectivity index (χ2v) is 11.0. The molecule has 1 saturated heterocycles. The van der Waals surface area contributed by atoms with Gasteiger partial charge in [0, 0.05) is 53.2 Å². The Morgan fingerprint density at radius 2 is 1.60 bits per heavy atom. The lowest BCUT2D eigenvalue weighted by molar-refractivity contribution is -0.136. The van der Waals surface area contributed by atoms with Gasteiger partial charge in [-0.1, -0.05) is 39.0 Å². The first-order valence-electron chi connectivity index (χ1n) is 15.1. The van der Waals surface area contributed by atoms with Crippen LogP contribution in [0.2, 0.25) is 0 Å². The molecule has 6 nitrogen and oxygen atoms in total. The van der Waals surface area contributed by atoms with Crippen LogP contribution in [0.4, 0.5) is 13.2 Å². The number of pyridine rings is 1. The maximum Gasteiger partial charge on any atom is 0.417 e. The zero-order valence-corrected chi connectivity index (χ0v) is 24.1. The van der Waals surface area contributed by atoms with Gasteiger partial charge in [-0.25, -0.2) is 0 Å². The van der Waals surface area contributed by atoms with Gasteiger partial charge in [-0.3, -0.25) is 9.69 Å². The molecule has 3 aromatic rings. The smallest absolute Gasteiger partial charge is 0.379 e. The third-order valence-corrected chi connectivity index (χ3v) is 8.22. The largest absolute Gasteiger partial charge is 0.417 e. The number of alkyl halides is 3. The van der Waals surface area contributed by atoms with E-state index >= 15 is 0 Å². The summed E-state index contributed by atoms with van der Waals surface area (Å²) in [5.74, 6) is 0. The number of morpholine rings is 1. The number of rotatable bonds is 15. The zero-order chi connectivity index (χ0) is 28.5. The van der Waals surface area contributed by atoms with Crippen LogP contribution < -0.4 is 10.9 Å². The fourth-order valence-electron chi connectivity index (χ4n) is 6.16. The number of fused-ring (bicyclic) bond motifs is 3. The second kappa shape index (κ2) is 14.5. The van der Waals surface area contributed by atoms with Gasteiger partial charge >= 0.3 is 6.18 Å². The summed E-state index contributed by atoms with van der Waals surface area (Å²) in [5, 5.41) is 4.27. The van der Waals surface area contributed by atoms with Crippen LogP contribution in [-0.2, 0) is 23.9 Å². The molecule has 0 saturated carbocycles. The van der Waals surface area contributed by atoms with E-state index in [1.807, 2.05) is 19.9 Å². The Bertz CT molecular complexity index is 1290. The lowest BCUT2D eigenvalue weighted by Gasteiger charge is -2.26. The number of nitrogens with one attached hydrogen (secondary N) is 2. The summed E-state index contributed by atoms with van der Waals surface area (Å²) in [6.45, 7) is 11.9. The molecule has 0 spiro atoms. The molecular formula is C31H45F3N4O2. The van der Waals surface area contributed by atoms with Gasteiger partial charge in [-0.15, -0.1) is 0 Å². The van der Waals surface area contributed by atoms with Gasteiger partial charge < -0.3 is 19.6 Å². The van der Waals surface area contributed by atoms with Gasteiger partial charge in [0.1, 0.15) is 0 Å². The van der Waals surface area contributed by atoms with Crippen molar-refractivity contribution in [2.45, 2.75) is 84.4 Å². The van der Waals surface area contributed by atoms with Crippen LogP contribution in [0, 0.1) is 6.92 Å². The van der Waals surface area contributed by atoms with Crippen LogP contribution in [0.3, 0.4) is 0 Å². The molecule has 222 valence electrons. The standard InChI is InChI=1S/C31H45F3N4O2/c1-3-26-23(2)29-27(13-12-25-30(29)24(31(32,33)34)22-28(39)36-25)38(26)17-10-8-6-4-5-7-9-14-35-15-11-16-37-18-20-40-21-19-37/h12-13,22,35H,3-11,14-21H2,1-2H3,(H,36,39). The third-order valence-electron chi connectivity index (χ3n) is 8.22. The van der Waals surface area contributed by atoms with E-state index in [0.29, 0.717) is 11.5 Å². The Morgan fingerprint density at radius 1 is 0.925 bits per heavy atom. The molecule has 1 aromatic carbocycles. The molecule has 2 aromatic heterocycles. The van der Waals surface area contributed by atoms with Crippen LogP contribution in [-0.4, -0.2) is 60.4 Å². The number of H-pyrrole nitrogens is 1. The van der Waals surface area contributed by atoms with Crippen molar-refractivity contribution in [3.05, 3.63) is 45.4 Å². The summed E-state index contributed by atoms with van der Waals surface area (Å²) >= 11 is 0. The van der Waals surface area contributed by atoms with Crippen molar-refractivity contribution in [1.82, 2.24) is 19.8 Å². The molecule has 1 aliphatic heterocycles. The normalized spacial score (nSPS) is 15.0. The van der Waals surface area contributed by atoms with Crippen LogP contribution in [0.5, 0.6) is 0 Å². The van der Waals surface area contributed by atoms with Gasteiger partial charge in [-0.05, 0) is 69.9 Å². The highest BCUT2D eigenvalue weighted by molar-refractivity contribution is 6.09. The number of unbranched alkanes of at least 4 members (excludes halogenated alkanes) is 6. The van der Waals surface area contributed by atoms with E-state index in [0.717, 1.165) is 88.5 Å². The van der Waals surface area contributed by atoms with E-state index < -0.39 is 17.3 Å². The van der Waals surface area contributed by atoms with Crippen molar-refractivity contribution < 1.29 is 17.9 Å². The summed E-state index contributed by atoms with van der Waals surface area (Å²) in [6.07, 6.45) is 5.54. The molecule has 1 aliphatic rings. The van der Waals surface area contributed by atoms with E-state index in [1.165, 1.54) is 38.5 Å². The van der Waals surface area contributed by atoms with Gasteiger partial charge in [0.05, 0.1) is 18.8 Å². The summed E-state index contributed by atoms with van der Waals surface area (Å²) in [7, 11) is 0. The lowest BCUT2D eigenvalue weighted by Crippen LogP contribution is -2.37. The molecule has 0 unspecified atom stereocenters. The van der Waals surface area contributed by atoms with E-state index in [2.05, 4.69) is 19.8 Å². The number of hydrogen-bond acceptors (Lipinski definition) is 4. The number of hydrogen-bond donors (Lipinski definition) is 2. The highest BCUT2D eigenvalue weighted by atomic mass is 19.4. The topological polar surface area (TPSA) is 62.3 Å². The number of nitrogens with zero attached hydrogens (tertiary/aromatic N) is 2. The molecule has 0 amide bonds. The molecule has 2 N–H and O–H groups in total. The zero-order valence-electron chi connectivity index (χ0n) is 24.1. The van der Waals surface area contributed by atoms with Gasteiger partial charge in [0.2, 0.25) is 5.56 Å². The second-order valence-electron chi connectivity index (χ2n) is 11.0. The molecule has 40 heavy (non-hydrogen) atoms. The van der Waals surface area contributed by atoms with Crippen LogP contribution in [0.1, 0.15) is 75.1 Å². The summed E-state index contributed by atoms with van der Waals surface area (Å²) in [6, 6.07) is 4.16. The van der Waals surface area contributed by atoms with Crippen molar-refractivity contribution >= 4 is 21.8 Å². The van der Waals surface area contributed by atoms with Crippen molar-refractivity contribution in [1.29, 1.82) is 0 Å². The van der Waals surface area contributed by atoms with Crippen molar-refractivity contribution in [2.24, 2.45) is 0 Å². The number of aromatic amines is 1. The van der Waals surface area contributed by atoms with Crippen molar-refractivity contribution in [3.63, 3.8) is 0 Å². The molecule has 1 fully saturated rings. The van der Waals surface area contributed by atoms with Crippen LogP contribution in [0.15, 0.2) is 23.0 Å². The van der Waals surface area contributed by atoms with Gasteiger partial charge in [-0.2, -0.15) is 13.2 Å². The highest BCUT2D eigenvalue weighted by Crippen LogP contribution is 2.39. The SMILES string of the molecule is CCc1c(C)c2c3c(C(F)(F)F)cc(=O)[nH]c3ccc2n1CCCCCCCCCNCCCN1CCOCC1. The van der Waals surface area contributed by atoms with Gasteiger partial charge in [0.25, 0.3) is 0 Å². The molecule has 0 bridgehead atoms. The first-order chi connectivity index (χ1) is 19.3. The average molecular weight is 563 g/mol. The van der Waals surface area contributed by atoms with Crippen LogP contribution in [0.25, 0.3) is 21.8 Å². The number of aryl methyl sites for hydroxylation is 2. The molecule has 3 heterocycles. The Labute approximate surface area is 235 Å². The minimum Gasteiger partial charge on any atom is -0.379 e. The fourth-order valence-corrected chi connectivity index (χ4v) is 6.16. The summed E-state index contributed by atoms with van der Waals surface area (Å²) in [5.41, 5.74) is 1.40. The Kier molecular flexibility index (Phi) is 11.1. The molecule has 0 atom stereocenters. The predicted octanol–water partition coefficient (Wildman–Crippen LogP) is 6.42.